The zero-order valence-corrected chi connectivity index (χ0v) is 24.6. The molecule has 0 aromatic rings. The Balaban J connectivity index is 1.27. The van der Waals surface area contributed by atoms with Crippen LogP contribution < -0.4 is 0 Å². The van der Waals surface area contributed by atoms with E-state index in [1.54, 1.807) is 0 Å². The second-order valence-corrected chi connectivity index (χ2v) is 15.7. The van der Waals surface area contributed by atoms with Crippen molar-refractivity contribution in [2.45, 2.75) is 121 Å². The Labute approximate surface area is 226 Å². The van der Waals surface area contributed by atoms with Gasteiger partial charge < -0.3 is 9.84 Å². The number of aliphatic hydroxyl groups is 1. The summed E-state index contributed by atoms with van der Waals surface area (Å²) in [4.78, 5) is 2.48. The van der Waals surface area contributed by atoms with Crippen LogP contribution in [0.25, 0.3) is 0 Å². The fourth-order valence-electron chi connectivity index (χ4n) is 9.43. The highest BCUT2D eigenvalue weighted by Crippen LogP contribution is 2.49. The first-order valence-corrected chi connectivity index (χ1v) is 17.2. The van der Waals surface area contributed by atoms with Gasteiger partial charge in [-0.05, 0) is 113 Å². The van der Waals surface area contributed by atoms with Gasteiger partial charge in [0.05, 0.1) is 18.0 Å². The molecule has 2 heterocycles. The highest BCUT2D eigenvalue weighted by atomic mass is 32.2. The average Bonchev–Trinajstić information content (AvgIpc) is 2.88. The lowest BCUT2D eigenvalue weighted by Crippen LogP contribution is -2.71. The van der Waals surface area contributed by atoms with Gasteiger partial charge in [0.2, 0.25) is 10.0 Å². The highest BCUT2D eigenvalue weighted by Gasteiger charge is 2.53. The van der Waals surface area contributed by atoms with Crippen molar-refractivity contribution in [2.75, 3.05) is 33.4 Å². The molecule has 3 aliphatic carbocycles. The maximum atomic E-state index is 13.9. The van der Waals surface area contributed by atoms with Gasteiger partial charge in [0.25, 0.3) is 0 Å². The van der Waals surface area contributed by atoms with E-state index in [4.69, 9.17) is 4.74 Å². The van der Waals surface area contributed by atoms with Crippen molar-refractivity contribution in [2.24, 2.45) is 35.5 Å². The van der Waals surface area contributed by atoms with E-state index in [0.29, 0.717) is 36.9 Å². The van der Waals surface area contributed by atoms with E-state index in [2.05, 4.69) is 18.7 Å². The minimum atomic E-state index is -3.28. The number of aliphatic hydroxyl groups excluding tert-OH is 1. The first kappa shape index (κ1) is 28.3. The second kappa shape index (κ2) is 12.1. The zero-order chi connectivity index (χ0) is 26.2. The van der Waals surface area contributed by atoms with Crippen LogP contribution in [0, 0.1) is 35.5 Å². The number of methoxy groups -OCH3 is 1. The molecule has 0 radical (unpaired) electrons. The van der Waals surface area contributed by atoms with Crippen LogP contribution in [0.3, 0.4) is 0 Å². The number of fused-ring (bicyclic) bond motifs is 1. The Kier molecular flexibility index (Phi) is 9.28. The van der Waals surface area contributed by atoms with Gasteiger partial charge in [0.1, 0.15) is 0 Å². The molecule has 0 amide bonds. The number of hydrogen-bond acceptors (Lipinski definition) is 5. The van der Waals surface area contributed by atoms with Gasteiger partial charge in [-0.15, -0.1) is 0 Å². The molecule has 7 heteroatoms. The minimum Gasteiger partial charge on any atom is -0.395 e. The van der Waals surface area contributed by atoms with E-state index < -0.39 is 10.0 Å². The van der Waals surface area contributed by atoms with Crippen LogP contribution in [0.2, 0.25) is 0 Å². The molecule has 5 rings (SSSR count). The van der Waals surface area contributed by atoms with Crippen LogP contribution in [0.1, 0.15) is 97.3 Å². The molecule has 0 aromatic carbocycles. The quantitative estimate of drug-likeness (QED) is 0.520. The molecular formula is C30H54N2O4S. The lowest BCUT2D eigenvalue weighted by Gasteiger charge is -2.60. The van der Waals surface area contributed by atoms with Crippen molar-refractivity contribution < 1.29 is 18.3 Å². The molecule has 214 valence electrons. The predicted octanol–water partition coefficient (Wildman–Crippen LogP) is 4.91. The molecule has 2 aliphatic heterocycles. The molecule has 2 saturated heterocycles. The third kappa shape index (κ3) is 5.68. The van der Waals surface area contributed by atoms with Crippen molar-refractivity contribution >= 4 is 10.0 Å². The molecule has 6 nitrogen and oxygen atoms in total. The molecule has 37 heavy (non-hydrogen) atoms. The maximum Gasteiger partial charge on any atom is 0.217 e. The smallest absolute Gasteiger partial charge is 0.217 e. The lowest BCUT2D eigenvalue weighted by molar-refractivity contribution is -0.125. The fraction of sp³-hybridized carbons (Fsp3) is 1.00. The number of nitrogens with zero attached hydrogens (tertiary/aromatic N) is 2. The predicted molar refractivity (Wildman–Crippen MR) is 149 cm³/mol. The van der Waals surface area contributed by atoms with Crippen molar-refractivity contribution in [3.63, 3.8) is 0 Å². The topological polar surface area (TPSA) is 70.1 Å². The number of sulfonamides is 1. The van der Waals surface area contributed by atoms with Crippen LogP contribution in [-0.2, 0) is 14.8 Å². The standard InChI is InChI=1S/C30H54N2O4S/c1-21-10-15-28(36-3)25(18-21)23-11-13-24(14-12-23)30-26-19-31(16-6-7-17-32(26)27(30)20-33)37(34,35)29-9-5-4-8-22(29)2/h21-30,33H,4-20H2,1-3H3/t21?,22?,23?,24?,25?,26?,27-,28?,29?,30+/m1/s1. The number of rotatable bonds is 6. The van der Waals surface area contributed by atoms with Crippen LogP contribution in [0.15, 0.2) is 0 Å². The van der Waals surface area contributed by atoms with Crippen molar-refractivity contribution in [3.8, 4) is 0 Å². The third-order valence-corrected chi connectivity index (χ3v) is 14.0. The summed E-state index contributed by atoms with van der Waals surface area (Å²) in [5, 5.41) is 10.2. The van der Waals surface area contributed by atoms with Crippen molar-refractivity contribution in [1.29, 1.82) is 0 Å². The lowest BCUT2D eigenvalue weighted by atomic mass is 9.62. The maximum absolute atomic E-state index is 13.9. The molecule has 3 saturated carbocycles. The summed E-state index contributed by atoms with van der Waals surface area (Å²) in [6, 6.07) is 0.485. The van der Waals surface area contributed by atoms with Gasteiger partial charge in [-0.2, -0.15) is 0 Å². The molecule has 0 spiro atoms. The largest absolute Gasteiger partial charge is 0.395 e. The van der Waals surface area contributed by atoms with Crippen LogP contribution >= 0.6 is 0 Å². The Morgan fingerprint density at radius 2 is 1.57 bits per heavy atom. The van der Waals surface area contributed by atoms with Gasteiger partial charge in [0, 0.05) is 32.3 Å². The van der Waals surface area contributed by atoms with Gasteiger partial charge in [-0.3, -0.25) is 4.90 Å². The molecular weight excluding hydrogens is 484 g/mol. The number of hydrogen-bond donors (Lipinski definition) is 1. The summed E-state index contributed by atoms with van der Waals surface area (Å²) in [5.41, 5.74) is 0. The van der Waals surface area contributed by atoms with E-state index in [0.717, 1.165) is 56.9 Å². The third-order valence-electron chi connectivity index (χ3n) is 11.5. The van der Waals surface area contributed by atoms with E-state index in [-0.39, 0.29) is 29.9 Å². The normalized spacial score (nSPS) is 44.9. The average molecular weight is 539 g/mol. The monoisotopic (exact) mass is 538 g/mol. The Morgan fingerprint density at radius 3 is 2.27 bits per heavy atom. The summed E-state index contributed by atoms with van der Waals surface area (Å²) < 4.78 is 35.6. The van der Waals surface area contributed by atoms with E-state index in [1.165, 1.54) is 44.9 Å². The summed E-state index contributed by atoms with van der Waals surface area (Å²) in [6.07, 6.45) is 15.2. The van der Waals surface area contributed by atoms with Crippen LogP contribution in [0.5, 0.6) is 0 Å². The number of ether oxygens (including phenoxy) is 1. The van der Waals surface area contributed by atoms with Gasteiger partial charge >= 0.3 is 0 Å². The van der Waals surface area contributed by atoms with Crippen molar-refractivity contribution in [1.82, 2.24) is 9.21 Å². The van der Waals surface area contributed by atoms with E-state index in [1.807, 2.05) is 11.4 Å². The Morgan fingerprint density at radius 1 is 0.865 bits per heavy atom. The molecule has 1 N–H and O–H groups in total. The second-order valence-electron chi connectivity index (χ2n) is 13.6. The van der Waals surface area contributed by atoms with Crippen molar-refractivity contribution in [3.05, 3.63) is 0 Å². The summed E-state index contributed by atoms with van der Waals surface area (Å²) >= 11 is 0. The molecule has 8 atom stereocenters. The molecule has 0 bridgehead atoms. The fourth-order valence-corrected chi connectivity index (χ4v) is 11.7. The Bertz CT molecular complexity index is 845. The van der Waals surface area contributed by atoms with Crippen LogP contribution in [-0.4, -0.2) is 79.5 Å². The van der Waals surface area contributed by atoms with E-state index >= 15 is 0 Å². The van der Waals surface area contributed by atoms with Crippen LogP contribution in [0.4, 0.5) is 0 Å². The minimum absolute atomic E-state index is 0.205. The summed E-state index contributed by atoms with van der Waals surface area (Å²) in [7, 11) is -1.38. The molecule has 6 unspecified atom stereocenters. The molecule has 5 fully saturated rings. The Hall–Kier alpha value is -0.210. The first-order valence-electron chi connectivity index (χ1n) is 15.7. The first-order chi connectivity index (χ1) is 17.8. The molecule has 0 aromatic heterocycles. The zero-order valence-electron chi connectivity index (χ0n) is 23.8. The van der Waals surface area contributed by atoms with E-state index in [9.17, 15) is 13.5 Å². The van der Waals surface area contributed by atoms with Gasteiger partial charge in [-0.1, -0.05) is 26.7 Å². The molecule has 5 aliphatic rings. The van der Waals surface area contributed by atoms with Gasteiger partial charge in [0.15, 0.2) is 0 Å². The SMILES string of the molecule is COC1CCC(C)CC1C1CCC([C@H]2C3CN(S(=O)(=O)C4CCCCC4C)CCCCN3[C@@H]2CO)CC1. The summed E-state index contributed by atoms with van der Waals surface area (Å²) in [5.74, 6) is 3.55. The summed E-state index contributed by atoms with van der Waals surface area (Å²) in [6.45, 7) is 7.08. The van der Waals surface area contributed by atoms with Gasteiger partial charge in [-0.25, -0.2) is 12.7 Å². The highest BCUT2D eigenvalue weighted by molar-refractivity contribution is 7.89.